The van der Waals surface area contributed by atoms with Crippen LogP contribution in [0.5, 0.6) is 0 Å². The van der Waals surface area contributed by atoms with Crippen LogP contribution in [0.2, 0.25) is 0 Å². The molecule has 3 aromatic rings. The van der Waals surface area contributed by atoms with Gasteiger partial charge in [0.25, 0.3) is 5.91 Å². The zero-order valence-electron chi connectivity index (χ0n) is 15.8. The second-order valence-corrected chi connectivity index (χ2v) is 6.68. The van der Waals surface area contributed by atoms with E-state index in [9.17, 15) is 4.79 Å². The van der Waals surface area contributed by atoms with Gasteiger partial charge in [-0.2, -0.15) is 0 Å². The number of aromatic nitrogens is 4. The molecule has 0 saturated heterocycles. The zero-order valence-corrected chi connectivity index (χ0v) is 16.6. The number of carbonyl (C=O) groups is 1. The Labute approximate surface area is 167 Å². The number of benzene rings is 1. The summed E-state index contributed by atoms with van der Waals surface area (Å²) in [6.45, 7) is 7.44. The quantitative estimate of drug-likeness (QED) is 0.502. The second kappa shape index (κ2) is 8.53. The van der Waals surface area contributed by atoms with Crippen LogP contribution >= 0.6 is 11.5 Å². The fourth-order valence-corrected chi connectivity index (χ4v) is 3.14. The van der Waals surface area contributed by atoms with Crippen molar-refractivity contribution < 1.29 is 9.53 Å². The molecule has 2 heterocycles. The molecule has 0 fully saturated rings. The van der Waals surface area contributed by atoms with Crippen molar-refractivity contribution in [3.8, 4) is 11.3 Å². The maximum atomic E-state index is 12.2. The predicted molar refractivity (Wildman–Crippen MR) is 110 cm³/mol. The number of allylic oxidation sites excluding steroid dienone is 2. The highest BCUT2D eigenvalue weighted by molar-refractivity contribution is 7.08. The third-order valence-electron chi connectivity index (χ3n) is 4.04. The molecular weight excluding hydrogens is 374 g/mol. The van der Waals surface area contributed by atoms with Gasteiger partial charge >= 0.3 is 0 Å². The summed E-state index contributed by atoms with van der Waals surface area (Å²) in [5.74, 6) is 0.771. The molecule has 142 valence electrons. The normalized spacial score (nSPS) is 11.2. The average Bonchev–Trinajstić information content (AvgIpc) is 3.13. The van der Waals surface area contributed by atoms with Crippen LogP contribution in [0.4, 0.5) is 5.82 Å². The molecule has 0 atom stereocenters. The number of hydrogen-bond acceptors (Lipinski definition) is 7. The van der Waals surface area contributed by atoms with E-state index in [0.29, 0.717) is 27.8 Å². The molecule has 2 aromatic heterocycles. The Bertz CT molecular complexity index is 1040. The van der Waals surface area contributed by atoms with E-state index in [-0.39, 0.29) is 5.91 Å². The molecule has 0 spiro atoms. The Hall–Kier alpha value is -3.39. The third kappa shape index (κ3) is 4.12. The van der Waals surface area contributed by atoms with Crippen molar-refractivity contribution in [2.24, 2.45) is 0 Å². The highest BCUT2D eigenvalue weighted by Gasteiger charge is 2.14. The molecule has 0 unspecified atom stereocenters. The van der Waals surface area contributed by atoms with Gasteiger partial charge in [-0.05, 0) is 43.1 Å². The average molecular weight is 393 g/mol. The lowest BCUT2D eigenvalue weighted by molar-refractivity contribution is 0.102. The summed E-state index contributed by atoms with van der Waals surface area (Å²) in [5.41, 5.74) is 4.17. The topological polar surface area (TPSA) is 89.9 Å². The van der Waals surface area contributed by atoms with Crippen LogP contribution in [0.25, 0.3) is 17.0 Å². The molecule has 1 aromatic carbocycles. The van der Waals surface area contributed by atoms with Gasteiger partial charge in [0.2, 0.25) is 0 Å². The van der Waals surface area contributed by atoms with Gasteiger partial charge < -0.3 is 10.1 Å². The lowest BCUT2D eigenvalue weighted by Crippen LogP contribution is -2.13. The summed E-state index contributed by atoms with van der Waals surface area (Å²) in [4.78, 5) is 21.5. The molecule has 8 heteroatoms. The minimum Gasteiger partial charge on any atom is -0.496 e. The Balaban J connectivity index is 1.85. The first-order chi connectivity index (χ1) is 13.5. The number of carbonyl (C=O) groups excluding carboxylic acids is 1. The van der Waals surface area contributed by atoms with Gasteiger partial charge in [-0.15, -0.1) is 5.10 Å². The van der Waals surface area contributed by atoms with Gasteiger partial charge in [0.15, 0.2) is 5.82 Å². The smallest absolute Gasteiger partial charge is 0.270 e. The van der Waals surface area contributed by atoms with E-state index in [4.69, 9.17) is 4.74 Å². The number of methoxy groups -OCH3 is 1. The third-order valence-corrected chi connectivity index (χ3v) is 4.87. The minimum atomic E-state index is -0.299. The number of amides is 1. The van der Waals surface area contributed by atoms with E-state index < -0.39 is 0 Å². The maximum absolute atomic E-state index is 12.2. The Morgan fingerprint density at radius 3 is 2.68 bits per heavy atom. The first kappa shape index (κ1) is 19.4. The predicted octanol–water partition coefficient (Wildman–Crippen LogP) is 4.04. The van der Waals surface area contributed by atoms with Crippen molar-refractivity contribution >= 4 is 29.0 Å². The number of rotatable bonds is 6. The van der Waals surface area contributed by atoms with Gasteiger partial charge in [-0.1, -0.05) is 29.3 Å². The highest BCUT2D eigenvalue weighted by atomic mass is 32.1. The van der Waals surface area contributed by atoms with Crippen LogP contribution < -0.4 is 5.32 Å². The van der Waals surface area contributed by atoms with Gasteiger partial charge in [-0.25, -0.2) is 4.98 Å². The fourth-order valence-electron chi connectivity index (χ4n) is 2.58. The van der Waals surface area contributed by atoms with E-state index in [1.807, 2.05) is 25.1 Å². The molecule has 1 amide bonds. The SMILES string of the molecule is C=C/C=C(\OC)c1ccc(C)c(-c2cnc(NC(=O)c3snnc3C)cn2)c1. The Morgan fingerprint density at radius 1 is 1.25 bits per heavy atom. The van der Waals surface area contributed by atoms with Crippen LogP contribution in [-0.4, -0.2) is 32.6 Å². The Kier molecular flexibility index (Phi) is 5.90. The van der Waals surface area contributed by atoms with Crippen molar-refractivity contribution in [2.45, 2.75) is 13.8 Å². The molecule has 1 N–H and O–H groups in total. The lowest BCUT2D eigenvalue weighted by Gasteiger charge is -2.11. The monoisotopic (exact) mass is 393 g/mol. The molecular formula is C20H19N5O2S. The van der Waals surface area contributed by atoms with Gasteiger partial charge in [-0.3, -0.25) is 9.78 Å². The molecule has 0 aliphatic heterocycles. The van der Waals surface area contributed by atoms with Crippen LogP contribution in [0.1, 0.15) is 26.5 Å². The van der Waals surface area contributed by atoms with E-state index in [0.717, 1.165) is 28.2 Å². The van der Waals surface area contributed by atoms with E-state index in [2.05, 4.69) is 31.5 Å². The number of anilines is 1. The van der Waals surface area contributed by atoms with Crippen LogP contribution in [0.3, 0.4) is 0 Å². The minimum absolute atomic E-state index is 0.299. The Morgan fingerprint density at radius 2 is 2.07 bits per heavy atom. The standard InChI is InChI=1S/C20H19N5O2S/c1-5-6-17(27-4)14-8-7-12(2)15(9-14)16-10-22-18(11-21-16)23-20(26)19-13(3)24-25-28-19/h5-11H,1H2,2-4H3,(H,22,23,26)/b17-6-. The summed E-state index contributed by atoms with van der Waals surface area (Å²) in [5, 5.41) is 6.55. The first-order valence-corrected chi connectivity index (χ1v) is 9.21. The number of nitrogens with zero attached hydrogens (tertiary/aromatic N) is 4. The molecule has 0 aliphatic carbocycles. The van der Waals surface area contributed by atoms with E-state index >= 15 is 0 Å². The maximum Gasteiger partial charge on any atom is 0.270 e. The second-order valence-electron chi connectivity index (χ2n) is 5.93. The summed E-state index contributed by atoms with van der Waals surface area (Å²) in [7, 11) is 1.62. The van der Waals surface area contributed by atoms with E-state index in [1.165, 1.54) is 6.20 Å². The summed E-state index contributed by atoms with van der Waals surface area (Å²) in [6.07, 6.45) is 6.63. The largest absolute Gasteiger partial charge is 0.496 e. The molecule has 0 saturated carbocycles. The summed E-state index contributed by atoms with van der Waals surface area (Å²) < 4.78 is 9.18. The van der Waals surface area contributed by atoms with Crippen molar-refractivity contribution in [2.75, 3.05) is 12.4 Å². The van der Waals surface area contributed by atoms with Crippen molar-refractivity contribution in [3.05, 3.63) is 71.0 Å². The molecule has 7 nitrogen and oxygen atoms in total. The molecule has 0 radical (unpaired) electrons. The number of aryl methyl sites for hydroxylation is 2. The van der Waals surface area contributed by atoms with Gasteiger partial charge in [0.05, 0.1) is 30.9 Å². The van der Waals surface area contributed by atoms with E-state index in [1.54, 1.807) is 32.4 Å². The molecule has 28 heavy (non-hydrogen) atoms. The number of nitrogens with one attached hydrogen (secondary N) is 1. The molecule has 0 aliphatic rings. The van der Waals surface area contributed by atoms with Crippen molar-refractivity contribution in [1.29, 1.82) is 0 Å². The van der Waals surface area contributed by atoms with Crippen LogP contribution in [0, 0.1) is 13.8 Å². The number of hydrogen-bond donors (Lipinski definition) is 1. The molecule has 0 bridgehead atoms. The highest BCUT2D eigenvalue weighted by Crippen LogP contribution is 2.26. The number of ether oxygens (including phenoxy) is 1. The first-order valence-electron chi connectivity index (χ1n) is 8.44. The summed E-state index contributed by atoms with van der Waals surface area (Å²) in [6, 6.07) is 5.96. The fraction of sp³-hybridized carbons (Fsp3) is 0.150. The van der Waals surface area contributed by atoms with Crippen molar-refractivity contribution in [1.82, 2.24) is 19.6 Å². The molecule has 3 rings (SSSR count). The van der Waals surface area contributed by atoms with Crippen LogP contribution in [0.15, 0.2) is 49.3 Å². The van der Waals surface area contributed by atoms with Crippen molar-refractivity contribution in [3.63, 3.8) is 0 Å². The van der Waals surface area contributed by atoms with Crippen LogP contribution in [-0.2, 0) is 4.74 Å². The van der Waals surface area contributed by atoms with Gasteiger partial charge in [0, 0.05) is 11.1 Å². The lowest BCUT2D eigenvalue weighted by atomic mass is 10.0. The zero-order chi connectivity index (χ0) is 20.1. The van der Waals surface area contributed by atoms with Gasteiger partial charge in [0.1, 0.15) is 10.6 Å². The summed E-state index contributed by atoms with van der Waals surface area (Å²) >= 11 is 1.04.